The molecule has 13 heavy (non-hydrogen) atoms. The Kier molecular flexibility index (Phi) is 2.51. The first-order valence-electron chi connectivity index (χ1n) is 4.49. The predicted molar refractivity (Wildman–Crippen MR) is 54.3 cm³/mol. The van der Waals surface area contributed by atoms with Gasteiger partial charge in [-0.05, 0) is 19.8 Å². The smallest absolute Gasteiger partial charge is 0.183 e. The zero-order valence-electron chi connectivity index (χ0n) is 7.91. The Morgan fingerprint density at radius 2 is 2.38 bits per heavy atom. The molecule has 0 radical (unpaired) electrons. The van der Waals surface area contributed by atoms with E-state index in [4.69, 9.17) is 4.74 Å². The number of rotatable bonds is 3. The summed E-state index contributed by atoms with van der Waals surface area (Å²) in [5.74, 6) is 0. The van der Waals surface area contributed by atoms with Gasteiger partial charge in [0.25, 0.3) is 0 Å². The monoisotopic (exact) mass is 198 g/mol. The first kappa shape index (κ1) is 8.97. The van der Waals surface area contributed by atoms with Crippen molar-refractivity contribution in [3.8, 4) is 0 Å². The molecule has 0 amide bonds. The van der Waals surface area contributed by atoms with E-state index in [0.717, 1.165) is 18.0 Å². The molecule has 1 aromatic rings. The average Bonchev–Trinajstić information content (AvgIpc) is 2.43. The molecule has 1 fully saturated rings. The summed E-state index contributed by atoms with van der Waals surface area (Å²) in [4.78, 5) is 5.51. The molecule has 72 valence electrons. The lowest BCUT2D eigenvalue weighted by atomic mass is 9.89. The molecular formula is C9H14N2OS. The van der Waals surface area contributed by atoms with Crippen molar-refractivity contribution in [1.29, 1.82) is 0 Å². The van der Waals surface area contributed by atoms with E-state index in [1.807, 2.05) is 6.20 Å². The fourth-order valence-corrected chi connectivity index (χ4v) is 2.21. The molecule has 0 unspecified atom stereocenters. The van der Waals surface area contributed by atoms with Gasteiger partial charge in [0.05, 0.1) is 6.10 Å². The molecule has 4 heteroatoms. The molecule has 1 N–H and O–H groups in total. The summed E-state index contributed by atoms with van der Waals surface area (Å²) in [6.45, 7) is 2.07. The van der Waals surface area contributed by atoms with Crippen LogP contribution in [0.15, 0.2) is 6.20 Å². The molecule has 1 aliphatic carbocycles. The fraction of sp³-hybridized carbons (Fsp3) is 0.667. The van der Waals surface area contributed by atoms with Gasteiger partial charge >= 0.3 is 0 Å². The van der Waals surface area contributed by atoms with Crippen LogP contribution in [0.1, 0.15) is 17.7 Å². The molecule has 1 heterocycles. The minimum absolute atomic E-state index is 0.457. The molecule has 0 atom stereocenters. The van der Waals surface area contributed by atoms with Crippen LogP contribution in [-0.2, 0) is 4.74 Å². The Bertz CT molecular complexity index is 281. The van der Waals surface area contributed by atoms with Crippen molar-refractivity contribution < 1.29 is 4.74 Å². The maximum absolute atomic E-state index is 5.20. The first-order valence-corrected chi connectivity index (χ1v) is 5.31. The van der Waals surface area contributed by atoms with Gasteiger partial charge in [-0.25, -0.2) is 4.98 Å². The predicted octanol–water partition coefficient (Wildman–Crippen LogP) is 2.04. The summed E-state index contributed by atoms with van der Waals surface area (Å²) in [6.07, 6.45) is 4.57. The van der Waals surface area contributed by atoms with Crippen LogP contribution in [-0.4, -0.2) is 24.2 Å². The zero-order chi connectivity index (χ0) is 9.26. The van der Waals surface area contributed by atoms with Crippen molar-refractivity contribution in [2.45, 2.75) is 31.9 Å². The van der Waals surface area contributed by atoms with Gasteiger partial charge in [0, 0.05) is 24.2 Å². The number of aromatic nitrogens is 1. The fourth-order valence-electron chi connectivity index (χ4n) is 1.47. The zero-order valence-corrected chi connectivity index (χ0v) is 8.73. The Morgan fingerprint density at radius 3 is 2.92 bits per heavy atom. The highest BCUT2D eigenvalue weighted by Crippen LogP contribution is 2.27. The molecule has 1 aromatic heterocycles. The van der Waals surface area contributed by atoms with Crippen LogP contribution in [0, 0.1) is 6.92 Å². The quantitative estimate of drug-likeness (QED) is 0.807. The number of thiazole rings is 1. The van der Waals surface area contributed by atoms with Gasteiger partial charge in [0.2, 0.25) is 0 Å². The summed E-state index contributed by atoms with van der Waals surface area (Å²) >= 11 is 1.71. The van der Waals surface area contributed by atoms with Crippen molar-refractivity contribution in [1.82, 2.24) is 4.98 Å². The summed E-state index contributed by atoms with van der Waals surface area (Å²) < 4.78 is 5.20. The summed E-state index contributed by atoms with van der Waals surface area (Å²) in [5.41, 5.74) is 0. The average molecular weight is 198 g/mol. The number of methoxy groups -OCH3 is 1. The third-order valence-electron chi connectivity index (χ3n) is 2.38. The summed E-state index contributed by atoms with van der Waals surface area (Å²) in [7, 11) is 1.77. The molecule has 0 saturated heterocycles. The number of hydrogen-bond acceptors (Lipinski definition) is 4. The SMILES string of the molecule is COC1CC(Nc2ncc(C)s2)C1. The minimum Gasteiger partial charge on any atom is -0.381 e. The second-order valence-corrected chi connectivity index (χ2v) is 4.68. The van der Waals surface area contributed by atoms with Crippen LogP contribution in [0.4, 0.5) is 5.13 Å². The van der Waals surface area contributed by atoms with E-state index in [-0.39, 0.29) is 0 Å². The number of aryl methyl sites for hydroxylation is 1. The Morgan fingerprint density at radius 1 is 1.62 bits per heavy atom. The van der Waals surface area contributed by atoms with Crippen LogP contribution >= 0.6 is 11.3 Å². The van der Waals surface area contributed by atoms with Crippen LogP contribution in [0.3, 0.4) is 0 Å². The molecule has 1 saturated carbocycles. The first-order chi connectivity index (χ1) is 6.28. The van der Waals surface area contributed by atoms with E-state index < -0.39 is 0 Å². The lowest BCUT2D eigenvalue weighted by Gasteiger charge is -2.34. The van der Waals surface area contributed by atoms with E-state index >= 15 is 0 Å². The van der Waals surface area contributed by atoms with E-state index in [9.17, 15) is 0 Å². The molecule has 2 rings (SSSR count). The van der Waals surface area contributed by atoms with E-state index in [1.54, 1.807) is 18.4 Å². The maximum atomic E-state index is 5.20. The third kappa shape index (κ3) is 2.00. The maximum Gasteiger partial charge on any atom is 0.183 e. The van der Waals surface area contributed by atoms with Crippen molar-refractivity contribution in [2.75, 3.05) is 12.4 Å². The van der Waals surface area contributed by atoms with Crippen LogP contribution in [0.5, 0.6) is 0 Å². The lowest BCUT2D eigenvalue weighted by molar-refractivity contribution is 0.0329. The minimum atomic E-state index is 0.457. The van der Waals surface area contributed by atoms with Crippen molar-refractivity contribution >= 4 is 16.5 Å². The van der Waals surface area contributed by atoms with Gasteiger partial charge in [0.15, 0.2) is 5.13 Å². The molecule has 0 bridgehead atoms. The molecule has 0 spiro atoms. The second-order valence-electron chi connectivity index (χ2n) is 3.45. The molecule has 3 nitrogen and oxygen atoms in total. The Labute approximate surface area is 82.1 Å². The lowest BCUT2D eigenvalue weighted by Crippen LogP contribution is -2.40. The molecular weight excluding hydrogens is 184 g/mol. The molecule has 1 aliphatic rings. The number of hydrogen-bond donors (Lipinski definition) is 1. The van der Waals surface area contributed by atoms with Gasteiger partial charge in [0.1, 0.15) is 0 Å². The highest BCUT2D eigenvalue weighted by atomic mass is 32.1. The van der Waals surface area contributed by atoms with Crippen molar-refractivity contribution in [3.05, 3.63) is 11.1 Å². The van der Waals surface area contributed by atoms with Crippen LogP contribution in [0.2, 0.25) is 0 Å². The van der Waals surface area contributed by atoms with Gasteiger partial charge in [-0.15, -0.1) is 11.3 Å². The van der Waals surface area contributed by atoms with E-state index in [2.05, 4.69) is 17.2 Å². The highest BCUT2D eigenvalue weighted by Gasteiger charge is 2.29. The molecule has 0 aliphatic heterocycles. The topological polar surface area (TPSA) is 34.1 Å². The number of ether oxygens (including phenoxy) is 1. The van der Waals surface area contributed by atoms with Crippen LogP contribution < -0.4 is 5.32 Å². The van der Waals surface area contributed by atoms with E-state index in [1.165, 1.54) is 4.88 Å². The normalized spacial score (nSPS) is 26.9. The van der Waals surface area contributed by atoms with Gasteiger partial charge in [-0.2, -0.15) is 0 Å². The van der Waals surface area contributed by atoms with Crippen LogP contribution in [0.25, 0.3) is 0 Å². The highest BCUT2D eigenvalue weighted by molar-refractivity contribution is 7.15. The number of nitrogens with one attached hydrogen (secondary N) is 1. The van der Waals surface area contributed by atoms with Gasteiger partial charge in [-0.3, -0.25) is 0 Å². The van der Waals surface area contributed by atoms with Gasteiger partial charge < -0.3 is 10.1 Å². The second kappa shape index (κ2) is 3.64. The number of nitrogens with zero attached hydrogens (tertiary/aromatic N) is 1. The number of anilines is 1. The van der Waals surface area contributed by atoms with Crippen molar-refractivity contribution in [2.24, 2.45) is 0 Å². The van der Waals surface area contributed by atoms with Gasteiger partial charge in [-0.1, -0.05) is 0 Å². The van der Waals surface area contributed by atoms with Crippen molar-refractivity contribution in [3.63, 3.8) is 0 Å². The third-order valence-corrected chi connectivity index (χ3v) is 3.22. The Balaban J connectivity index is 1.81. The van der Waals surface area contributed by atoms with E-state index in [0.29, 0.717) is 12.1 Å². The summed E-state index contributed by atoms with van der Waals surface area (Å²) in [6, 6.07) is 0.565. The standard InChI is InChI=1S/C9H14N2OS/c1-6-5-10-9(13-6)11-7-3-8(4-7)12-2/h5,7-8H,3-4H2,1-2H3,(H,10,11). The molecule has 0 aromatic carbocycles. The summed E-state index contributed by atoms with van der Waals surface area (Å²) in [5, 5.41) is 4.43. The Hall–Kier alpha value is -0.610. The largest absolute Gasteiger partial charge is 0.381 e.